The number of hydrogen-bond donors (Lipinski definition) is 2. The molecule has 0 unspecified atom stereocenters. The largest absolute Gasteiger partial charge is 0.399 e. The second-order valence-electron chi connectivity index (χ2n) is 4.86. The molecule has 2 rings (SSSR count). The van der Waals surface area contributed by atoms with Gasteiger partial charge in [0.1, 0.15) is 11.6 Å². The van der Waals surface area contributed by atoms with E-state index in [-0.39, 0.29) is 12.5 Å². The Morgan fingerprint density at radius 2 is 1.81 bits per heavy atom. The van der Waals surface area contributed by atoms with Gasteiger partial charge in [0, 0.05) is 23.9 Å². The average molecular weight is 290 g/mol. The summed E-state index contributed by atoms with van der Waals surface area (Å²) in [6.45, 7) is 2.10. The van der Waals surface area contributed by atoms with Crippen molar-refractivity contribution in [2.45, 2.75) is 13.3 Å². The Balaban J connectivity index is 1.96. The van der Waals surface area contributed by atoms with Crippen LogP contribution in [0.5, 0.6) is 0 Å². The van der Waals surface area contributed by atoms with Gasteiger partial charge in [-0.25, -0.2) is 8.78 Å². The predicted molar refractivity (Wildman–Crippen MR) is 78.0 cm³/mol. The Morgan fingerprint density at radius 3 is 2.48 bits per heavy atom. The number of anilines is 1. The zero-order valence-electron chi connectivity index (χ0n) is 11.6. The van der Waals surface area contributed by atoms with E-state index in [2.05, 4.69) is 5.32 Å². The number of amides is 1. The van der Waals surface area contributed by atoms with Crippen LogP contribution in [0.4, 0.5) is 14.5 Å². The number of hydrogen-bond acceptors (Lipinski definition) is 2. The third-order valence-corrected chi connectivity index (χ3v) is 3.13. The molecule has 3 N–H and O–H groups in total. The van der Waals surface area contributed by atoms with Gasteiger partial charge in [0.25, 0.3) is 5.91 Å². The molecular formula is C16H16F2N2O. The van der Waals surface area contributed by atoms with Crippen molar-refractivity contribution in [1.29, 1.82) is 0 Å². The van der Waals surface area contributed by atoms with Crippen molar-refractivity contribution in [3.05, 3.63) is 64.7 Å². The first kappa shape index (κ1) is 15.0. The van der Waals surface area contributed by atoms with Crippen LogP contribution >= 0.6 is 0 Å². The van der Waals surface area contributed by atoms with Crippen molar-refractivity contribution in [3.8, 4) is 0 Å². The maximum atomic E-state index is 13.0. The van der Waals surface area contributed by atoms with Crippen molar-refractivity contribution >= 4 is 11.6 Å². The Kier molecular flexibility index (Phi) is 4.52. The summed E-state index contributed by atoms with van der Waals surface area (Å²) in [5, 5.41) is 2.72. The highest BCUT2D eigenvalue weighted by molar-refractivity contribution is 5.96. The van der Waals surface area contributed by atoms with Crippen molar-refractivity contribution in [1.82, 2.24) is 5.32 Å². The van der Waals surface area contributed by atoms with Gasteiger partial charge < -0.3 is 11.1 Å². The molecule has 0 aliphatic heterocycles. The fourth-order valence-electron chi connectivity index (χ4n) is 2.06. The molecule has 21 heavy (non-hydrogen) atoms. The maximum Gasteiger partial charge on any atom is 0.251 e. The van der Waals surface area contributed by atoms with Crippen molar-refractivity contribution in [2.24, 2.45) is 0 Å². The summed E-state index contributed by atoms with van der Waals surface area (Å²) in [5.74, 6) is -1.50. The molecule has 0 radical (unpaired) electrons. The van der Waals surface area contributed by atoms with Crippen LogP contribution < -0.4 is 11.1 Å². The van der Waals surface area contributed by atoms with E-state index in [0.29, 0.717) is 23.2 Å². The normalized spacial score (nSPS) is 10.4. The first-order valence-corrected chi connectivity index (χ1v) is 6.55. The Morgan fingerprint density at radius 1 is 1.14 bits per heavy atom. The van der Waals surface area contributed by atoms with E-state index in [1.807, 2.05) is 6.92 Å². The summed E-state index contributed by atoms with van der Waals surface area (Å²) in [6, 6.07) is 8.42. The van der Waals surface area contributed by atoms with E-state index < -0.39 is 11.6 Å². The van der Waals surface area contributed by atoms with Crippen LogP contribution in [0.1, 0.15) is 21.5 Å². The van der Waals surface area contributed by atoms with Gasteiger partial charge in [0.15, 0.2) is 0 Å². The predicted octanol–water partition coefficient (Wildman–Crippen LogP) is 2.83. The summed E-state index contributed by atoms with van der Waals surface area (Å²) < 4.78 is 26.1. The maximum absolute atomic E-state index is 13.0. The van der Waals surface area contributed by atoms with Crippen LogP contribution in [-0.2, 0) is 6.42 Å². The molecule has 0 aliphatic rings. The lowest BCUT2D eigenvalue weighted by molar-refractivity contribution is 0.0953. The fourth-order valence-corrected chi connectivity index (χ4v) is 2.06. The highest BCUT2D eigenvalue weighted by atomic mass is 19.1. The van der Waals surface area contributed by atoms with E-state index in [0.717, 1.165) is 11.6 Å². The smallest absolute Gasteiger partial charge is 0.251 e. The topological polar surface area (TPSA) is 55.1 Å². The quantitative estimate of drug-likeness (QED) is 0.851. The number of carbonyl (C=O) groups is 1. The monoisotopic (exact) mass is 290 g/mol. The molecule has 0 atom stereocenters. The second-order valence-corrected chi connectivity index (χ2v) is 4.86. The lowest BCUT2D eigenvalue weighted by Gasteiger charge is -2.09. The van der Waals surface area contributed by atoms with Gasteiger partial charge in [0.2, 0.25) is 0 Å². The average Bonchev–Trinajstić information content (AvgIpc) is 2.40. The summed E-state index contributed by atoms with van der Waals surface area (Å²) in [4.78, 5) is 12.0. The van der Waals surface area contributed by atoms with E-state index in [1.165, 1.54) is 12.1 Å². The Labute approximate surface area is 121 Å². The first-order valence-electron chi connectivity index (χ1n) is 6.55. The number of nitrogens with two attached hydrogens (primary N) is 1. The molecule has 0 fully saturated rings. The second kappa shape index (κ2) is 6.35. The van der Waals surface area contributed by atoms with Gasteiger partial charge in [0.05, 0.1) is 0 Å². The molecule has 110 valence electrons. The number of aryl methyl sites for hydroxylation is 1. The van der Waals surface area contributed by atoms with Crippen LogP contribution in [0.25, 0.3) is 0 Å². The van der Waals surface area contributed by atoms with Crippen molar-refractivity contribution in [3.63, 3.8) is 0 Å². The highest BCUT2D eigenvalue weighted by Gasteiger charge is 2.09. The van der Waals surface area contributed by atoms with E-state index in [1.54, 1.807) is 18.2 Å². The van der Waals surface area contributed by atoms with Gasteiger partial charge >= 0.3 is 0 Å². The van der Waals surface area contributed by atoms with Crippen molar-refractivity contribution < 1.29 is 13.6 Å². The molecule has 0 aliphatic carbocycles. The van der Waals surface area contributed by atoms with Gasteiger partial charge in [-0.05, 0) is 48.7 Å². The van der Waals surface area contributed by atoms with Crippen LogP contribution in [0, 0.1) is 18.6 Å². The molecular weight excluding hydrogens is 274 g/mol. The number of benzene rings is 2. The zero-order chi connectivity index (χ0) is 15.4. The molecule has 0 aromatic heterocycles. The van der Waals surface area contributed by atoms with Crippen LogP contribution in [0.15, 0.2) is 36.4 Å². The van der Waals surface area contributed by atoms with Crippen LogP contribution in [0.3, 0.4) is 0 Å². The zero-order valence-corrected chi connectivity index (χ0v) is 11.6. The van der Waals surface area contributed by atoms with Gasteiger partial charge in [-0.1, -0.05) is 6.07 Å². The number of carbonyl (C=O) groups excluding carboxylic acids is 1. The summed E-state index contributed by atoms with van der Waals surface area (Å²) in [7, 11) is 0. The lowest BCUT2D eigenvalue weighted by atomic mass is 10.1. The summed E-state index contributed by atoms with van der Waals surface area (Å²) in [5.41, 5.74) is 7.98. The van der Waals surface area contributed by atoms with Gasteiger partial charge in [-0.15, -0.1) is 0 Å². The van der Waals surface area contributed by atoms with Crippen LogP contribution in [0.2, 0.25) is 0 Å². The molecule has 3 nitrogen and oxygen atoms in total. The number of rotatable bonds is 4. The molecule has 0 heterocycles. The van der Waals surface area contributed by atoms with E-state index >= 15 is 0 Å². The molecule has 2 aromatic carbocycles. The number of nitrogen functional groups attached to an aromatic ring is 1. The minimum absolute atomic E-state index is 0.253. The molecule has 5 heteroatoms. The highest BCUT2D eigenvalue weighted by Crippen LogP contribution is 2.12. The molecule has 0 saturated carbocycles. The molecule has 0 saturated heterocycles. The van der Waals surface area contributed by atoms with Gasteiger partial charge in [-0.3, -0.25) is 4.79 Å². The lowest BCUT2D eigenvalue weighted by Crippen LogP contribution is -2.26. The van der Waals surface area contributed by atoms with E-state index in [4.69, 9.17) is 5.73 Å². The Hall–Kier alpha value is -2.43. The minimum atomic E-state index is -0.622. The summed E-state index contributed by atoms with van der Waals surface area (Å²) >= 11 is 0. The van der Waals surface area contributed by atoms with Crippen LogP contribution in [-0.4, -0.2) is 12.5 Å². The first-order chi connectivity index (χ1) is 9.95. The summed E-state index contributed by atoms with van der Waals surface area (Å²) in [6.07, 6.45) is 0.349. The SMILES string of the molecule is Cc1ccc(N)cc1C(=O)NCCc1cc(F)cc(F)c1. The minimum Gasteiger partial charge on any atom is -0.399 e. The standard InChI is InChI=1S/C16H16F2N2O/c1-10-2-3-14(19)9-15(10)16(21)20-5-4-11-6-12(17)8-13(18)7-11/h2-3,6-9H,4-5,19H2,1H3,(H,20,21). The molecule has 1 amide bonds. The number of nitrogens with one attached hydrogen (secondary N) is 1. The molecule has 0 bridgehead atoms. The van der Waals surface area contributed by atoms with E-state index in [9.17, 15) is 13.6 Å². The third-order valence-electron chi connectivity index (χ3n) is 3.13. The van der Waals surface area contributed by atoms with Gasteiger partial charge in [-0.2, -0.15) is 0 Å². The Bertz CT molecular complexity index is 651. The molecule has 2 aromatic rings. The molecule has 0 spiro atoms. The fraction of sp³-hybridized carbons (Fsp3) is 0.188. The third kappa shape index (κ3) is 4.02. The number of halogens is 2. The van der Waals surface area contributed by atoms with Crippen molar-refractivity contribution in [2.75, 3.05) is 12.3 Å².